The number of likely N-dealkylation sites (tertiary alicyclic amines) is 1. The molecule has 1 aliphatic heterocycles. The van der Waals surface area contributed by atoms with Crippen molar-refractivity contribution in [3.05, 3.63) is 29.8 Å². The minimum atomic E-state index is -0.619. The number of benzene rings is 1. The molecule has 1 saturated heterocycles. The Bertz CT molecular complexity index is 532. The van der Waals surface area contributed by atoms with Gasteiger partial charge in [-0.1, -0.05) is 12.1 Å². The first-order valence-electron chi connectivity index (χ1n) is 7.10. The molecule has 1 fully saturated rings. The average Bonchev–Trinajstić information content (AvgIpc) is 2.86. The number of β-amino-alcohol motifs (C(OH)–C–C–N with tert-alkyl or cyclic N) is 1. The Morgan fingerprint density at radius 1 is 1.41 bits per heavy atom. The van der Waals surface area contributed by atoms with Crippen LogP contribution >= 0.6 is 0 Å². The van der Waals surface area contributed by atoms with E-state index in [4.69, 9.17) is 10.5 Å². The van der Waals surface area contributed by atoms with Crippen molar-refractivity contribution in [2.24, 2.45) is 5.73 Å². The standard InChI is InChI=1S/C15H21N3O4/c1-22-12-4-2-10(3-5-12)7-17-14(20)9-18-8-11(19)6-13(18)15(16)21/h2-5,11,13,19H,6-9H2,1H3,(H2,16,21)(H,17,20)/t11-,13+/m0/s1. The van der Waals surface area contributed by atoms with Crippen LogP contribution in [-0.2, 0) is 16.1 Å². The molecule has 1 aliphatic rings. The first-order valence-corrected chi connectivity index (χ1v) is 7.10. The van der Waals surface area contributed by atoms with Gasteiger partial charge in [-0.2, -0.15) is 0 Å². The Labute approximate surface area is 129 Å². The van der Waals surface area contributed by atoms with Crippen molar-refractivity contribution >= 4 is 11.8 Å². The minimum Gasteiger partial charge on any atom is -0.497 e. The molecule has 0 saturated carbocycles. The van der Waals surface area contributed by atoms with Gasteiger partial charge in [0, 0.05) is 13.1 Å². The van der Waals surface area contributed by atoms with Crippen LogP contribution in [0.2, 0.25) is 0 Å². The molecule has 2 rings (SSSR count). The molecule has 0 aliphatic carbocycles. The predicted molar refractivity (Wildman–Crippen MR) is 80.0 cm³/mol. The van der Waals surface area contributed by atoms with Crippen molar-refractivity contribution in [3.8, 4) is 5.75 Å². The maximum atomic E-state index is 12.0. The molecule has 7 heteroatoms. The number of nitrogens with one attached hydrogen (secondary N) is 1. The lowest BCUT2D eigenvalue weighted by Crippen LogP contribution is -2.45. The SMILES string of the molecule is COc1ccc(CNC(=O)CN2C[C@@H](O)C[C@@H]2C(N)=O)cc1. The second-order valence-electron chi connectivity index (χ2n) is 5.36. The second-order valence-corrected chi connectivity index (χ2v) is 5.36. The van der Waals surface area contributed by atoms with Crippen molar-refractivity contribution in [1.29, 1.82) is 0 Å². The number of hydrogen-bond donors (Lipinski definition) is 3. The molecule has 2 amide bonds. The van der Waals surface area contributed by atoms with E-state index in [1.165, 1.54) is 0 Å². The van der Waals surface area contributed by atoms with Crippen LogP contribution in [0.3, 0.4) is 0 Å². The molecule has 1 aromatic carbocycles. The highest BCUT2D eigenvalue weighted by atomic mass is 16.5. The van der Waals surface area contributed by atoms with Gasteiger partial charge in [0.15, 0.2) is 0 Å². The van der Waals surface area contributed by atoms with Gasteiger partial charge in [-0.15, -0.1) is 0 Å². The number of aliphatic hydroxyl groups is 1. The molecule has 2 atom stereocenters. The van der Waals surface area contributed by atoms with Crippen molar-refractivity contribution < 1.29 is 19.4 Å². The summed E-state index contributed by atoms with van der Waals surface area (Å²) in [5, 5.41) is 12.4. The molecule has 0 unspecified atom stereocenters. The van der Waals surface area contributed by atoms with E-state index < -0.39 is 18.1 Å². The number of methoxy groups -OCH3 is 1. The van der Waals surface area contributed by atoms with E-state index >= 15 is 0 Å². The van der Waals surface area contributed by atoms with Gasteiger partial charge >= 0.3 is 0 Å². The van der Waals surface area contributed by atoms with E-state index in [1.807, 2.05) is 24.3 Å². The number of rotatable bonds is 6. The fourth-order valence-electron chi connectivity index (χ4n) is 2.53. The molecule has 22 heavy (non-hydrogen) atoms. The third kappa shape index (κ3) is 4.19. The molecule has 1 heterocycles. The highest BCUT2D eigenvalue weighted by molar-refractivity contribution is 5.82. The predicted octanol–water partition coefficient (Wildman–Crippen LogP) is -0.768. The monoisotopic (exact) mass is 307 g/mol. The number of primary amides is 1. The molecule has 120 valence electrons. The van der Waals surface area contributed by atoms with Crippen LogP contribution in [0, 0.1) is 0 Å². The number of ether oxygens (including phenoxy) is 1. The number of nitrogens with two attached hydrogens (primary N) is 1. The fourth-order valence-corrected chi connectivity index (χ4v) is 2.53. The van der Waals surface area contributed by atoms with E-state index in [2.05, 4.69) is 5.32 Å². The maximum Gasteiger partial charge on any atom is 0.234 e. The van der Waals surface area contributed by atoms with Gasteiger partial charge in [-0.25, -0.2) is 0 Å². The number of amides is 2. The average molecular weight is 307 g/mol. The summed E-state index contributed by atoms with van der Waals surface area (Å²) in [5.41, 5.74) is 6.23. The van der Waals surface area contributed by atoms with Gasteiger partial charge in [-0.05, 0) is 24.1 Å². The third-order valence-corrected chi connectivity index (χ3v) is 3.71. The van der Waals surface area contributed by atoms with Crippen molar-refractivity contribution in [3.63, 3.8) is 0 Å². The summed E-state index contributed by atoms with van der Waals surface area (Å²) >= 11 is 0. The Morgan fingerprint density at radius 2 is 2.09 bits per heavy atom. The Hall–Kier alpha value is -2.12. The fraction of sp³-hybridized carbons (Fsp3) is 0.467. The number of carbonyl (C=O) groups is 2. The van der Waals surface area contributed by atoms with Crippen LogP contribution < -0.4 is 15.8 Å². The molecule has 0 spiro atoms. The molecule has 7 nitrogen and oxygen atoms in total. The van der Waals surface area contributed by atoms with Gasteiger partial charge in [0.1, 0.15) is 5.75 Å². The summed E-state index contributed by atoms with van der Waals surface area (Å²) in [4.78, 5) is 24.9. The molecular weight excluding hydrogens is 286 g/mol. The number of aliphatic hydroxyl groups excluding tert-OH is 1. The van der Waals surface area contributed by atoms with E-state index in [9.17, 15) is 14.7 Å². The normalized spacial score (nSPS) is 21.5. The second kappa shape index (κ2) is 7.24. The minimum absolute atomic E-state index is 0.0425. The molecule has 4 N–H and O–H groups in total. The van der Waals surface area contributed by atoms with E-state index in [0.717, 1.165) is 11.3 Å². The highest BCUT2D eigenvalue weighted by Gasteiger charge is 2.35. The van der Waals surface area contributed by atoms with Gasteiger partial charge in [0.25, 0.3) is 0 Å². The van der Waals surface area contributed by atoms with Crippen LogP contribution in [0.15, 0.2) is 24.3 Å². The summed E-state index contributed by atoms with van der Waals surface area (Å²) in [6.07, 6.45) is -0.340. The van der Waals surface area contributed by atoms with E-state index in [1.54, 1.807) is 12.0 Å². The highest BCUT2D eigenvalue weighted by Crippen LogP contribution is 2.17. The van der Waals surface area contributed by atoms with Gasteiger partial charge in [0.05, 0.1) is 25.8 Å². The number of carbonyl (C=O) groups excluding carboxylic acids is 2. The largest absolute Gasteiger partial charge is 0.497 e. The van der Waals surface area contributed by atoms with Crippen molar-refractivity contribution in [2.75, 3.05) is 20.2 Å². The topological polar surface area (TPSA) is 105 Å². The van der Waals surface area contributed by atoms with Crippen LogP contribution in [0.5, 0.6) is 5.75 Å². The Balaban J connectivity index is 1.83. The maximum absolute atomic E-state index is 12.0. The molecule has 0 radical (unpaired) electrons. The lowest BCUT2D eigenvalue weighted by molar-refractivity contribution is -0.125. The number of nitrogens with zero attached hydrogens (tertiary/aromatic N) is 1. The zero-order chi connectivity index (χ0) is 16.1. The van der Waals surface area contributed by atoms with E-state index in [0.29, 0.717) is 6.54 Å². The first-order chi connectivity index (χ1) is 10.5. The van der Waals surface area contributed by atoms with Gasteiger partial charge in [-0.3, -0.25) is 14.5 Å². The smallest absolute Gasteiger partial charge is 0.234 e. The molecule has 0 bridgehead atoms. The summed E-state index contributed by atoms with van der Waals surface area (Å²) in [7, 11) is 1.59. The zero-order valence-electron chi connectivity index (χ0n) is 12.5. The van der Waals surface area contributed by atoms with Crippen molar-refractivity contribution in [1.82, 2.24) is 10.2 Å². The number of hydrogen-bond acceptors (Lipinski definition) is 5. The molecule has 0 aromatic heterocycles. The zero-order valence-corrected chi connectivity index (χ0v) is 12.5. The van der Waals surface area contributed by atoms with Crippen LogP contribution in [0.4, 0.5) is 0 Å². The lowest BCUT2D eigenvalue weighted by atomic mass is 10.2. The molecular formula is C15H21N3O4. The van der Waals surface area contributed by atoms with Gasteiger partial charge < -0.3 is 20.9 Å². The summed E-state index contributed by atoms with van der Waals surface area (Å²) in [6.45, 7) is 0.713. The summed E-state index contributed by atoms with van der Waals surface area (Å²) in [6, 6.07) is 6.79. The first kappa shape index (κ1) is 16.3. The lowest BCUT2D eigenvalue weighted by Gasteiger charge is -2.20. The van der Waals surface area contributed by atoms with E-state index in [-0.39, 0.29) is 25.4 Å². The van der Waals surface area contributed by atoms with Crippen molar-refractivity contribution in [2.45, 2.75) is 25.1 Å². The molecule has 1 aromatic rings. The third-order valence-electron chi connectivity index (χ3n) is 3.71. The van der Waals surface area contributed by atoms with Crippen LogP contribution in [0.1, 0.15) is 12.0 Å². The summed E-state index contributed by atoms with van der Waals surface area (Å²) in [5.74, 6) is 0.0288. The van der Waals surface area contributed by atoms with Crippen LogP contribution in [-0.4, -0.2) is 54.2 Å². The van der Waals surface area contributed by atoms with Gasteiger partial charge in [0.2, 0.25) is 11.8 Å². The Morgan fingerprint density at radius 3 is 2.68 bits per heavy atom. The van der Waals surface area contributed by atoms with Crippen LogP contribution in [0.25, 0.3) is 0 Å². The Kier molecular flexibility index (Phi) is 5.35. The quantitative estimate of drug-likeness (QED) is 0.640. The summed E-state index contributed by atoms with van der Waals surface area (Å²) < 4.78 is 5.07.